The number of hydrogen-bond donors (Lipinski definition) is 2. The van der Waals surface area contributed by atoms with Crippen molar-refractivity contribution < 1.29 is 22.7 Å². The van der Waals surface area contributed by atoms with E-state index in [9.17, 15) is 18.0 Å². The van der Waals surface area contributed by atoms with Crippen LogP contribution in [0, 0.1) is 5.92 Å². The van der Waals surface area contributed by atoms with Gasteiger partial charge in [-0.3, -0.25) is 10.1 Å². The summed E-state index contributed by atoms with van der Waals surface area (Å²) in [5.74, 6) is 0.619. The number of hydrogen-bond acceptors (Lipinski definition) is 7. The summed E-state index contributed by atoms with van der Waals surface area (Å²) in [6.07, 6.45) is 5.37. The monoisotopic (exact) mass is 459 g/mol. The number of imide groups is 1. The first-order chi connectivity index (χ1) is 15.2. The van der Waals surface area contributed by atoms with Crippen LogP contribution in [0.2, 0.25) is 0 Å². The van der Waals surface area contributed by atoms with Crippen molar-refractivity contribution in [2.75, 3.05) is 12.8 Å². The number of aromatic nitrogens is 2. The Hall–Kier alpha value is -3.05. The van der Waals surface area contributed by atoms with Gasteiger partial charge in [0.2, 0.25) is 10.0 Å². The van der Waals surface area contributed by atoms with Crippen molar-refractivity contribution in [1.29, 1.82) is 0 Å². The van der Waals surface area contributed by atoms with Gasteiger partial charge >= 0.3 is 6.03 Å². The van der Waals surface area contributed by atoms with E-state index < -0.39 is 33.3 Å². The van der Waals surface area contributed by atoms with E-state index in [1.807, 2.05) is 6.92 Å². The lowest BCUT2D eigenvalue weighted by Gasteiger charge is -2.28. The van der Waals surface area contributed by atoms with Gasteiger partial charge in [-0.1, -0.05) is 19.1 Å². The molecule has 10 nitrogen and oxygen atoms in total. The van der Waals surface area contributed by atoms with Crippen LogP contribution < -0.4 is 15.4 Å². The van der Waals surface area contributed by atoms with E-state index in [1.54, 1.807) is 36.7 Å². The molecule has 2 aromatic rings. The van der Waals surface area contributed by atoms with Crippen LogP contribution in [-0.2, 0) is 27.8 Å². The number of nitrogens with zero attached hydrogens (tertiary/aromatic N) is 3. The number of rotatable bonds is 9. The topological polar surface area (TPSA) is 131 Å². The molecule has 1 aromatic heterocycles. The smallest absolute Gasteiger partial charge is 0.322 e. The van der Waals surface area contributed by atoms with Crippen LogP contribution in [0.25, 0.3) is 0 Å². The lowest BCUT2D eigenvalue weighted by molar-refractivity contribution is -0.123. The standard InChI is InChI=1S/C21H25N5O5S/c1-3-18-22-10-17(11-23-18)31-16-8-4-14(5-9-16)12-26(2)32(29,30)13-21(15-6-7-15)19(27)24-20(28)25-21/h4-5,8-11,15H,3,6-7,12-13H2,1-2H3,(H2,24,25,27,28)/t21-/m1/s1. The van der Waals surface area contributed by atoms with Gasteiger partial charge in [0, 0.05) is 20.0 Å². The number of carbonyl (C=O) groups excluding carboxylic acids is 2. The number of amides is 3. The number of nitrogens with one attached hydrogen (secondary N) is 2. The third kappa shape index (κ3) is 4.58. The summed E-state index contributed by atoms with van der Waals surface area (Å²) >= 11 is 0. The van der Waals surface area contributed by atoms with E-state index in [0.29, 0.717) is 24.3 Å². The molecule has 4 rings (SSSR count). The molecular formula is C21H25N5O5S. The number of ether oxygens (including phenoxy) is 1. The fourth-order valence-electron chi connectivity index (χ4n) is 3.72. The summed E-state index contributed by atoms with van der Waals surface area (Å²) in [6, 6.07) is 6.36. The van der Waals surface area contributed by atoms with Crippen LogP contribution >= 0.6 is 0 Å². The van der Waals surface area contributed by atoms with Crippen molar-refractivity contribution in [3.05, 3.63) is 48.0 Å². The Bertz CT molecular complexity index is 1120. The molecule has 1 saturated carbocycles. The van der Waals surface area contributed by atoms with Gasteiger partial charge in [-0.25, -0.2) is 27.5 Å². The van der Waals surface area contributed by atoms with Gasteiger partial charge < -0.3 is 10.1 Å². The highest BCUT2D eigenvalue weighted by Gasteiger charge is 2.58. The van der Waals surface area contributed by atoms with E-state index in [4.69, 9.17) is 4.74 Å². The highest BCUT2D eigenvalue weighted by Crippen LogP contribution is 2.42. The Balaban J connectivity index is 1.40. The van der Waals surface area contributed by atoms with Crippen molar-refractivity contribution in [2.45, 2.75) is 38.3 Å². The van der Waals surface area contributed by atoms with Gasteiger partial charge in [-0.15, -0.1) is 0 Å². The van der Waals surface area contributed by atoms with Crippen LogP contribution in [-0.4, -0.2) is 53.0 Å². The normalized spacial score (nSPS) is 20.8. The lowest BCUT2D eigenvalue weighted by atomic mass is 9.96. The summed E-state index contributed by atoms with van der Waals surface area (Å²) in [6.45, 7) is 2.09. The SMILES string of the molecule is CCc1ncc(Oc2ccc(CN(C)S(=O)(=O)C[C@]3(C4CC4)NC(=O)NC3=O)cc2)cn1. The minimum Gasteiger partial charge on any atom is -0.454 e. The molecular weight excluding hydrogens is 434 g/mol. The summed E-state index contributed by atoms with van der Waals surface area (Å²) in [4.78, 5) is 32.4. The van der Waals surface area contributed by atoms with E-state index in [0.717, 1.165) is 17.8 Å². The highest BCUT2D eigenvalue weighted by molar-refractivity contribution is 7.89. The highest BCUT2D eigenvalue weighted by atomic mass is 32.2. The van der Waals surface area contributed by atoms with E-state index >= 15 is 0 Å². The molecule has 32 heavy (non-hydrogen) atoms. The molecule has 0 bridgehead atoms. The van der Waals surface area contributed by atoms with Crippen molar-refractivity contribution in [2.24, 2.45) is 5.92 Å². The predicted octanol–water partition coefficient (Wildman–Crippen LogP) is 1.58. The molecule has 2 heterocycles. The average molecular weight is 460 g/mol. The molecule has 2 aliphatic rings. The Morgan fingerprint density at radius 1 is 1.12 bits per heavy atom. The average Bonchev–Trinajstić information content (AvgIpc) is 3.57. The van der Waals surface area contributed by atoms with Crippen LogP contribution in [0.1, 0.15) is 31.2 Å². The molecule has 1 saturated heterocycles. The first-order valence-corrected chi connectivity index (χ1v) is 12.0. The van der Waals surface area contributed by atoms with Crippen LogP contribution in [0.3, 0.4) is 0 Å². The first kappa shape index (κ1) is 22.2. The maximum absolute atomic E-state index is 13.0. The molecule has 2 N–H and O–H groups in total. The fourth-order valence-corrected chi connectivity index (χ4v) is 5.30. The van der Waals surface area contributed by atoms with Crippen molar-refractivity contribution in [3.8, 4) is 11.5 Å². The minimum absolute atomic E-state index is 0.118. The molecule has 1 atom stereocenters. The van der Waals surface area contributed by atoms with Crippen LogP contribution in [0.5, 0.6) is 11.5 Å². The van der Waals surface area contributed by atoms with Gasteiger partial charge in [0.1, 0.15) is 17.1 Å². The number of sulfonamides is 1. The largest absolute Gasteiger partial charge is 0.454 e. The number of aryl methyl sites for hydroxylation is 1. The van der Waals surface area contributed by atoms with Crippen molar-refractivity contribution in [3.63, 3.8) is 0 Å². The van der Waals surface area contributed by atoms with E-state index in [2.05, 4.69) is 20.6 Å². The second-order valence-corrected chi connectivity index (χ2v) is 10.2. The predicted molar refractivity (Wildman–Crippen MR) is 115 cm³/mol. The molecule has 1 aliphatic carbocycles. The van der Waals surface area contributed by atoms with Crippen molar-refractivity contribution >= 4 is 22.0 Å². The Kier molecular flexibility index (Phi) is 5.87. The Morgan fingerprint density at radius 3 is 2.31 bits per heavy atom. The zero-order valence-corrected chi connectivity index (χ0v) is 18.7. The van der Waals surface area contributed by atoms with Gasteiger partial charge in [-0.05, 0) is 36.5 Å². The summed E-state index contributed by atoms with van der Waals surface area (Å²) in [5, 5.41) is 4.74. The number of urea groups is 1. The molecule has 1 aliphatic heterocycles. The third-order valence-electron chi connectivity index (χ3n) is 5.69. The third-order valence-corrected chi connectivity index (χ3v) is 7.59. The number of benzene rings is 1. The van der Waals surface area contributed by atoms with Gasteiger partial charge in [0.15, 0.2) is 5.75 Å². The maximum atomic E-state index is 13.0. The number of carbonyl (C=O) groups is 2. The summed E-state index contributed by atoms with van der Waals surface area (Å²) < 4.78 is 32.9. The molecule has 11 heteroatoms. The van der Waals surface area contributed by atoms with Crippen LogP contribution in [0.4, 0.5) is 4.79 Å². The second-order valence-electron chi connectivity index (χ2n) is 8.10. The molecule has 170 valence electrons. The molecule has 0 unspecified atom stereocenters. The first-order valence-electron chi connectivity index (χ1n) is 10.4. The Labute approximate surface area is 186 Å². The quantitative estimate of drug-likeness (QED) is 0.545. The molecule has 2 fully saturated rings. The van der Waals surface area contributed by atoms with Gasteiger partial charge in [0.25, 0.3) is 5.91 Å². The van der Waals surface area contributed by atoms with Gasteiger partial charge in [-0.2, -0.15) is 0 Å². The zero-order valence-electron chi connectivity index (χ0n) is 17.9. The molecule has 1 aromatic carbocycles. The van der Waals surface area contributed by atoms with E-state index in [-0.39, 0.29) is 12.5 Å². The zero-order chi connectivity index (χ0) is 22.9. The van der Waals surface area contributed by atoms with E-state index in [1.165, 1.54) is 11.4 Å². The van der Waals surface area contributed by atoms with Crippen LogP contribution in [0.15, 0.2) is 36.7 Å². The second kappa shape index (κ2) is 8.47. The summed E-state index contributed by atoms with van der Waals surface area (Å²) in [7, 11) is -2.36. The molecule has 0 radical (unpaired) electrons. The van der Waals surface area contributed by atoms with Gasteiger partial charge in [0.05, 0.1) is 18.1 Å². The Morgan fingerprint density at radius 2 is 1.78 bits per heavy atom. The lowest BCUT2D eigenvalue weighted by Crippen LogP contribution is -2.56. The molecule has 0 spiro atoms. The van der Waals surface area contributed by atoms with Crippen molar-refractivity contribution in [1.82, 2.24) is 24.9 Å². The maximum Gasteiger partial charge on any atom is 0.322 e. The summed E-state index contributed by atoms with van der Waals surface area (Å²) in [5.41, 5.74) is -0.640. The fraction of sp³-hybridized carbons (Fsp3) is 0.429. The molecule has 3 amide bonds. The minimum atomic E-state index is -3.82.